The van der Waals surface area contributed by atoms with Crippen molar-refractivity contribution in [2.45, 2.75) is 70.4 Å². The predicted octanol–water partition coefficient (Wildman–Crippen LogP) is 2.89. The maximum atomic E-state index is 12.6. The van der Waals surface area contributed by atoms with Crippen LogP contribution in [0.5, 0.6) is 0 Å². The average Bonchev–Trinajstić information content (AvgIpc) is 2.73. The molecule has 0 unspecified atom stereocenters. The molecule has 0 aromatic heterocycles. The number of nitrogens with one attached hydrogen (secondary N) is 2. The number of amides is 2. The number of carbonyl (C=O) groups excluding carboxylic acids is 4. The molecule has 0 heterocycles. The Morgan fingerprint density at radius 2 is 1.18 bits per heavy atom. The lowest BCUT2D eigenvalue weighted by atomic mass is 10.2. The van der Waals surface area contributed by atoms with Gasteiger partial charge in [-0.25, -0.2) is 9.59 Å². The SMILES string of the molecule is CCCCOC(=O)[C@H](CCSC[C@H](NC(=O)C(F)(F)F)C(=O)OCCCC)NC(=O)C(F)(F)F. The van der Waals surface area contributed by atoms with Gasteiger partial charge in [-0.2, -0.15) is 38.1 Å². The van der Waals surface area contributed by atoms with Crippen molar-refractivity contribution in [1.29, 1.82) is 0 Å². The molecule has 8 nitrogen and oxygen atoms in total. The van der Waals surface area contributed by atoms with Crippen molar-refractivity contribution in [3.05, 3.63) is 0 Å². The Hall–Kier alpha value is -2.19. The number of rotatable bonds is 15. The summed E-state index contributed by atoms with van der Waals surface area (Å²) >= 11 is 0.767. The molecule has 2 atom stereocenters. The number of esters is 2. The van der Waals surface area contributed by atoms with Gasteiger partial charge in [0.1, 0.15) is 12.1 Å². The van der Waals surface area contributed by atoms with E-state index in [2.05, 4.69) is 0 Å². The minimum Gasteiger partial charge on any atom is -0.464 e. The third-order valence-electron chi connectivity index (χ3n) is 4.01. The molecule has 0 radical (unpaired) electrons. The molecule has 34 heavy (non-hydrogen) atoms. The first kappa shape index (κ1) is 31.8. The molecule has 0 spiro atoms. The standard InChI is InChI=1S/C19H28F6N2O6S/c1-3-5-8-32-14(28)12(26-16(30)18(20,21)22)7-10-34-11-13(15(29)33-9-6-4-2)27-17(31)19(23,24)25/h12-13H,3-11H2,1-2H3,(H,26,30)(H,27,31)/t12-,13-/m0/s1. The van der Waals surface area contributed by atoms with Crippen molar-refractivity contribution in [1.82, 2.24) is 10.6 Å². The van der Waals surface area contributed by atoms with Gasteiger partial charge >= 0.3 is 36.1 Å². The number of hydrogen-bond acceptors (Lipinski definition) is 7. The summed E-state index contributed by atoms with van der Waals surface area (Å²) in [6, 6.07) is -3.35. The van der Waals surface area contributed by atoms with Crippen LogP contribution in [0, 0.1) is 0 Å². The van der Waals surface area contributed by atoms with Gasteiger partial charge in [-0.3, -0.25) is 9.59 Å². The molecule has 198 valence electrons. The molecule has 0 aliphatic carbocycles. The summed E-state index contributed by atoms with van der Waals surface area (Å²) in [5.74, 6) is -7.51. The van der Waals surface area contributed by atoms with Crippen LogP contribution >= 0.6 is 11.8 Å². The highest BCUT2D eigenvalue weighted by atomic mass is 32.2. The molecule has 0 rings (SSSR count). The Kier molecular flexibility index (Phi) is 14.7. The number of unbranched alkanes of at least 4 members (excludes halogenated alkanes) is 2. The summed E-state index contributed by atoms with van der Waals surface area (Å²) in [6.07, 6.45) is -8.70. The van der Waals surface area contributed by atoms with Gasteiger partial charge in [-0.05, 0) is 25.0 Å². The second kappa shape index (κ2) is 15.7. The van der Waals surface area contributed by atoms with Crippen LogP contribution in [-0.2, 0) is 28.7 Å². The first-order valence-corrected chi connectivity index (χ1v) is 11.6. The molecule has 2 N–H and O–H groups in total. The minimum atomic E-state index is -5.25. The van der Waals surface area contributed by atoms with E-state index in [0.717, 1.165) is 11.8 Å². The number of ether oxygens (including phenoxy) is 2. The molecule has 0 saturated carbocycles. The van der Waals surface area contributed by atoms with Gasteiger partial charge in [-0.1, -0.05) is 26.7 Å². The molecule has 0 aromatic carbocycles. The molecule has 2 amide bonds. The Bertz CT molecular complexity index is 619. The van der Waals surface area contributed by atoms with Crippen LogP contribution in [-0.4, -0.2) is 72.9 Å². The summed E-state index contributed by atoms with van der Waals surface area (Å²) in [6.45, 7) is 3.42. The largest absolute Gasteiger partial charge is 0.471 e. The van der Waals surface area contributed by atoms with Crippen molar-refractivity contribution in [3.8, 4) is 0 Å². The molecule has 0 bridgehead atoms. The van der Waals surface area contributed by atoms with Crippen molar-refractivity contribution >= 4 is 35.5 Å². The number of alkyl halides is 6. The second-order valence-electron chi connectivity index (χ2n) is 6.95. The van der Waals surface area contributed by atoms with E-state index in [1.165, 1.54) is 10.6 Å². The lowest BCUT2D eigenvalue weighted by molar-refractivity contribution is -0.176. The van der Waals surface area contributed by atoms with E-state index in [4.69, 9.17) is 9.47 Å². The van der Waals surface area contributed by atoms with E-state index in [9.17, 15) is 45.5 Å². The number of carbonyl (C=O) groups is 4. The van der Waals surface area contributed by atoms with Gasteiger partial charge in [0.25, 0.3) is 0 Å². The summed E-state index contributed by atoms with van der Waals surface area (Å²) in [5.41, 5.74) is 0. The smallest absolute Gasteiger partial charge is 0.464 e. The van der Waals surface area contributed by atoms with Crippen LogP contribution in [0.3, 0.4) is 0 Å². The monoisotopic (exact) mass is 526 g/mol. The van der Waals surface area contributed by atoms with E-state index < -0.39 is 53.9 Å². The van der Waals surface area contributed by atoms with Crippen LogP contribution in [0.2, 0.25) is 0 Å². The van der Waals surface area contributed by atoms with Crippen LogP contribution in [0.25, 0.3) is 0 Å². The van der Waals surface area contributed by atoms with E-state index >= 15 is 0 Å². The van der Waals surface area contributed by atoms with Crippen molar-refractivity contribution in [3.63, 3.8) is 0 Å². The fourth-order valence-electron chi connectivity index (χ4n) is 2.14. The third-order valence-corrected chi connectivity index (χ3v) is 5.11. The number of hydrogen-bond donors (Lipinski definition) is 2. The van der Waals surface area contributed by atoms with E-state index in [1.54, 1.807) is 13.8 Å². The van der Waals surface area contributed by atoms with E-state index in [1.807, 2.05) is 0 Å². The van der Waals surface area contributed by atoms with Gasteiger partial charge in [-0.15, -0.1) is 0 Å². The molecule has 0 aliphatic heterocycles. The summed E-state index contributed by atoms with van der Waals surface area (Å²) in [7, 11) is 0. The third kappa shape index (κ3) is 13.5. The zero-order chi connectivity index (χ0) is 26.4. The summed E-state index contributed by atoms with van der Waals surface area (Å²) < 4.78 is 85.0. The highest BCUT2D eigenvalue weighted by molar-refractivity contribution is 7.99. The Morgan fingerprint density at radius 3 is 1.59 bits per heavy atom. The maximum Gasteiger partial charge on any atom is 0.471 e. The molecule has 0 aliphatic rings. The molecular formula is C19H28F6N2O6S. The van der Waals surface area contributed by atoms with Crippen LogP contribution in [0.1, 0.15) is 46.0 Å². The summed E-state index contributed by atoms with van der Waals surface area (Å²) in [5, 5.41) is 3.03. The highest BCUT2D eigenvalue weighted by Crippen LogP contribution is 2.18. The van der Waals surface area contributed by atoms with Gasteiger partial charge < -0.3 is 20.1 Å². The van der Waals surface area contributed by atoms with E-state index in [-0.39, 0.29) is 25.4 Å². The minimum absolute atomic E-state index is 0.0734. The maximum absolute atomic E-state index is 12.6. The van der Waals surface area contributed by atoms with Gasteiger partial charge in [0.15, 0.2) is 0 Å². The highest BCUT2D eigenvalue weighted by Gasteiger charge is 2.42. The van der Waals surface area contributed by atoms with Crippen LogP contribution < -0.4 is 10.6 Å². The van der Waals surface area contributed by atoms with Crippen molar-refractivity contribution in [2.75, 3.05) is 24.7 Å². The average molecular weight is 526 g/mol. The fourth-order valence-corrected chi connectivity index (χ4v) is 3.16. The first-order chi connectivity index (χ1) is 15.7. The number of thioether (sulfide) groups is 1. The zero-order valence-corrected chi connectivity index (χ0v) is 19.5. The van der Waals surface area contributed by atoms with Gasteiger partial charge in [0.2, 0.25) is 0 Å². The quantitative estimate of drug-likeness (QED) is 0.192. The normalized spacial score (nSPS) is 13.5. The molecular weight excluding hydrogens is 498 g/mol. The lowest BCUT2D eigenvalue weighted by Gasteiger charge is -2.20. The van der Waals surface area contributed by atoms with Crippen molar-refractivity contribution < 1.29 is 55.0 Å². The van der Waals surface area contributed by atoms with Crippen LogP contribution in [0.4, 0.5) is 26.3 Å². The molecule has 15 heteroatoms. The topological polar surface area (TPSA) is 111 Å². The Morgan fingerprint density at radius 1 is 0.765 bits per heavy atom. The number of halogens is 6. The molecule has 0 fully saturated rings. The Balaban J connectivity index is 5.06. The summed E-state index contributed by atoms with van der Waals surface area (Å²) in [4.78, 5) is 46.5. The van der Waals surface area contributed by atoms with Gasteiger partial charge in [0, 0.05) is 5.75 Å². The Labute approximate surface area is 196 Å². The zero-order valence-electron chi connectivity index (χ0n) is 18.6. The van der Waals surface area contributed by atoms with Gasteiger partial charge in [0.05, 0.1) is 13.2 Å². The fraction of sp³-hybridized carbons (Fsp3) is 0.789. The predicted molar refractivity (Wildman–Crippen MR) is 110 cm³/mol. The van der Waals surface area contributed by atoms with Crippen molar-refractivity contribution in [2.24, 2.45) is 0 Å². The van der Waals surface area contributed by atoms with Crippen LogP contribution in [0.15, 0.2) is 0 Å². The first-order valence-electron chi connectivity index (χ1n) is 10.4. The second-order valence-corrected chi connectivity index (χ2v) is 8.10. The molecule has 0 saturated heterocycles. The lowest BCUT2D eigenvalue weighted by Crippen LogP contribution is -2.49. The van der Waals surface area contributed by atoms with E-state index in [0.29, 0.717) is 25.7 Å². The molecule has 0 aromatic rings.